The SMILES string of the molecule is CC(C)c1ccccc1N1CCN(C(=O)NCCc2ccc(Cl)cc2)CC1. The van der Waals surface area contributed by atoms with E-state index >= 15 is 0 Å². The Kier molecular flexibility index (Phi) is 6.62. The Morgan fingerprint density at radius 3 is 2.37 bits per heavy atom. The number of halogens is 1. The topological polar surface area (TPSA) is 35.6 Å². The van der Waals surface area contributed by atoms with Gasteiger partial charge >= 0.3 is 6.03 Å². The van der Waals surface area contributed by atoms with Crippen molar-refractivity contribution in [2.75, 3.05) is 37.6 Å². The van der Waals surface area contributed by atoms with Crippen LogP contribution < -0.4 is 10.2 Å². The first kappa shape index (κ1) is 19.6. The molecular weight excluding hydrogens is 358 g/mol. The largest absolute Gasteiger partial charge is 0.368 e. The van der Waals surface area contributed by atoms with Gasteiger partial charge in [0.2, 0.25) is 0 Å². The predicted molar refractivity (Wildman–Crippen MR) is 113 cm³/mol. The molecular formula is C22H28ClN3O. The van der Waals surface area contributed by atoms with E-state index in [0.29, 0.717) is 12.5 Å². The van der Waals surface area contributed by atoms with E-state index in [1.807, 2.05) is 29.2 Å². The highest BCUT2D eigenvalue weighted by Crippen LogP contribution is 2.28. The minimum Gasteiger partial charge on any atom is -0.368 e. The Hall–Kier alpha value is -2.20. The van der Waals surface area contributed by atoms with Gasteiger partial charge in [-0.15, -0.1) is 0 Å². The van der Waals surface area contributed by atoms with Crippen LogP contribution in [0.3, 0.4) is 0 Å². The van der Waals surface area contributed by atoms with E-state index < -0.39 is 0 Å². The van der Waals surface area contributed by atoms with Crippen LogP contribution in [0, 0.1) is 0 Å². The Morgan fingerprint density at radius 1 is 1.04 bits per heavy atom. The molecule has 1 aliphatic rings. The number of nitrogens with one attached hydrogen (secondary N) is 1. The molecule has 2 amide bonds. The fourth-order valence-electron chi connectivity index (χ4n) is 3.49. The van der Waals surface area contributed by atoms with Crippen LogP contribution in [0.4, 0.5) is 10.5 Å². The Morgan fingerprint density at radius 2 is 1.70 bits per heavy atom. The molecule has 0 radical (unpaired) electrons. The van der Waals surface area contributed by atoms with Crippen molar-refractivity contribution in [1.82, 2.24) is 10.2 Å². The van der Waals surface area contributed by atoms with E-state index in [9.17, 15) is 4.79 Å². The average Bonchev–Trinajstić information content (AvgIpc) is 2.69. The second-order valence-electron chi connectivity index (χ2n) is 7.30. The standard InChI is InChI=1S/C22H28ClN3O/c1-17(2)20-5-3-4-6-21(20)25-13-15-26(16-14-25)22(27)24-12-11-18-7-9-19(23)10-8-18/h3-10,17H,11-16H2,1-2H3,(H,24,27). The van der Waals surface area contributed by atoms with Gasteiger partial charge in [-0.2, -0.15) is 0 Å². The Labute approximate surface area is 167 Å². The number of rotatable bonds is 5. The summed E-state index contributed by atoms with van der Waals surface area (Å²) >= 11 is 5.90. The number of anilines is 1. The van der Waals surface area contributed by atoms with E-state index in [-0.39, 0.29) is 6.03 Å². The lowest BCUT2D eigenvalue weighted by atomic mass is 10.00. The molecule has 27 heavy (non-hydrogen) atoms. The smallest absolute Gasteiger partial charge is 0.317 e. The number of urea groups is 1. The lowest BCUT2D eigenvalue weighted by Gasteiger charge is -2.37. The molecule has 0 spiro atoms. The maximum absolute atomic E-state index is 12.4. The number of piperazine rings is 1. The lowest BCUT2D eigenvalue weighted by molar-refractivity contribution is 0.194. The Bertz CT molecular complexity index is 752. The summed E-state index contributed by atoms with van der Waals surface area (Å²) in [5.41, 5.74) is 3.85. The highest BCUT2D eigenvalue weighted by molar-refractivity contribution is 6.30. The minimum absolute atomic E-state index is 0.0285. The van der Waals surface area contributed by atoms with Crippen LogP contribution in [0.5, 0.6) is 0 Å². The number of hydrogen-bond acceptors (Lipinski definition) is 2. The molecule has 1 N–H and O–H groups in total. The fourth-order valence-corrected chi connectivity index (χ4v) is 3.62. The van der Waals surface area contributed by atoms with Crippen molar-refractivity contribution < 1.29 is 4.79 Å². The molecule has 1 saturated heterocycles. The number of carbonyl (C=O) groups excluding carboxylic acids is 1. The zero-order valence-electron chi connectivity index (χ0n) is 16.1. The molecule has 1 fully saturated rings. The summed E-state index contributed by atoms with van der Waals surface area (Å²) in [6.07, 6.45) is 0.810. The van der Waals surface area contributed by atoms with E-state index in [0.717, 1.165) is 37.6 Å². The predicted octanol–water partition coefficient (Wildman–Crippen LogP) is 4.54. The number of amides is 2. The zero-order valence-corrected chi connectivity index (χ0v) is 16.9. The van der Waals surface area contributed by atoms with Crippen LogP contribution in [-0.2, 0) is 6.42 Å². The van der Waals surface area contributed by atoms with Gasteiger partial charge in [0, 0.05) is 43.4 Å². The second kappa shape index (κ2) is 9.14. The molecule has 0 bridgehead atoms. The van der Waals surface area contributed by atoms with Gasteiger partial charge in [-0.3, -0.25) is 0 Å². The lowest BCUT2D eigenvalue weighted by Crippen LogP contribution is -2.52. The second-order valence-corrected chi connectivity index (χ2v) is 7.73. The van der Waals surface area contributed by atoms with Gasteiger partial charge in [0.1, 0.15) is 0 Å². The summed E-state index contributed by atoms with van der Waals surface area (Å²) < 4.78 is 0. The van der Waals surface area contributed by atoms with Crippen LogP contribution >= 0.6 is 11.6 Å². The maximum Gasteiger partial charge on any atom is 0.317 e. The maximum atomic E-state index is 12.4. The molecule has 2 aromatic carbocycles. The van der Waals surface area contributed by atoms with Crippen LogP contribution in [0.2, 0.25) is 5.02 Å². The first-order chi connectivity index (χ1) is 13.0. The first-order valence-electron chi connectivity index (χ1n) is 9.65. The van der Waals surface area contributed by atoms with Gasteiger partial charge in [-0.1, -0.05) is 55.8 Å². The zero-order chi connectivity index (χ0) is 19.2. The van der Waals surface area contributed by atoms with Gasteiger partial charge in [-0.25, -0.2) is 4.79 Å². The van der Waals surface area contributed by atoms with Crippen molar-refractivity contribution in [2.45, 2.75) is 26.2 Å². The average molecular weight is 386 g/mol. The summed E-state index contributed by atoms with van der Waals surface area (Å²) in [7, 11) is 0. The van der Waals surface area contributed by atoms with Crippen LogP contribution in [0.25, 0.3) is 0 Å². The molecule has 0 aliphatic carbocycles. The first-order valence-corrected chi connectivity index (χ1v) is 10.0. The molecule has 144 valence electrons. The molecule has 4 nitrogen and oxygen atoms in total. The van der Waals surface area contributed by atoms with E-state index in [2.05, 4.69) is 48.3 Å². The molecule has 0 unspecified atom stereocenters. The quantitative estimate of drug-likeness (QED) is 0.820. The van der Waals surface area contributed by atoms with Crippen LogP contribution in [-0.4, -0.2) is 43.7 Å². The molecule has 1 aliphatic heterocycles. The van der Waals surface area contributed by atoms with Gasteiger partial charge in [0.15, 0.2) is 0 Å². The summed E-state index contributed by atoms with van der Waals surface area (Å²) in [4.78, 5) is 16.7. The van der Waals surface area contributed by atoms with Gasteiger partial charge < -0.3 is 15.1 Å². The molecule has 0 saturated carbocycles. The summed E-state index contributed by atoms with van der Waals surface area (Å²) in [5, 5.41) is 3.77. The van der Waals surface area contributed by atoms with Crippen LogP contribution in [0.15, 0.2) is 48.5 Å². The highest BCUT2D eigenvalue weighted by atomic mass is 35.5. The minimum atomic E-state index is 0.0285. The van der Waals surface area contributed by atoms with E-state index in [4.69, 9.17) is 11.6 Å². The molecule has 0 aromatic heterocycles. The molecule has 0 atom stereocenters. The molecule has 1 heterocycles. The number of carbonyl (C=O) groups is 1. The summed E-state index contributed by atoms with van der Waals surface area (Å²) in [6, 6.07) is 16.4. The molecule has 3 rings (SSSR count). The van der Waals surface area contributed by atoms with Crippen molar-refractivity contribution in [1.29, 1.82) is 0 Å². The number of hydrogen-bond donors (Lipinski definition) is 1. The monoisotopic (exact) mass is 385 g/mol. The third kappa shape index (κ3) is 5.16. The Balaban J connectivity index is 1.47. The third-order valence-corrected chi connectivity index (χ3v) is 5.32. The van der Waals surface area contributed by atoms with Gasteiger partial charge in [-0.05, 0) is 41.7 Å². The van der Waals surface area contributed by atoms with E-state index in [1.165, 1.54) is 16.8 Å². The van der Waals surface area contributed by atoms with Crippen LogP contribution in [0.1, 0.15) is 30.9 Å². The highest BCUT2D eigenvalue weighted by Gasteiger charge is 2.22. The van der Waals surface area contributed by atoms with Crippen molar-refractivity contribution >= 4 is 23.3 Å². The fraction of sp³-hybridized carbons (Fsp3) is 0.409. The number of para-hydroxylation sites is 1. The van der Waals surface area contributed by atoms with E-state index in [1.54, 1.807) is 0 Å². The third-order valence-electron chi connectivity index (χ3n) is 5.07. The van der Waals surface area contributed by atoms with Gasteiger partial charge in [0.05, 0.1) is 0 Å². The summed E-state index contributed by atoms with van der Waals surface area (Å²) in [6.45, 7) is 8.32. The molecule has 2 aromatic rings. The number of benzene rings is 2. The van der Waals surface area contributed by atoms with Gasteiger partial charge in [0.25, 0.3) is 0 Å². The van der Waals surface area contributed by atoms with Crippen molar-refractivity contribution in [3.05, 3.63) is 64.7 Å². The summed E-state index contributed by atoms with van der Waals surface area (Å²) in [5.74, 6) is 0.496. The van der Waals surface area contributed by atoms with Crippen molar-refractivity contribution in [3.8, 4) is 0 Å². The normalized spacial score (nSPS) is 14.5. The number of nitrogens with zero attached hydrogens (tertiary/aromatic N) is 2. The van der Waals surface area contributed by atoms with Crippen molar-refractivity contribution in [3.63, 3.8) is 0 Å². The van der Waals surface area contributed by atoms with Crippen molar-refractivity contribution in [2.24, 2.45) is 0 Å². The molecule has 5 heteroatoms.